The topological polar surface area (TPSA) is 85.9 Å². The van der Waals surface area contributed by atoms with Gasteiger partial charge in [-0.3, -0.25) is 9.69 Å². The molecule has 2 aliphatic rings. The molecule has 9 heteroatoms. The maximum absolute atomic E-state index is 11.9. The molecule has 3 heterocycles. The first-order valence-electron chi connectivity index (χ1n) is 15.1. The number of nitrogens with zero attached hydrogens (tertiary/aromatic N) is 5. The van der Waals surface area contributed by atoms with Crippen molar-refractivity contribution in [2.45, 2.75) is 31.8 Å². The van der Waals surface area contributed by atoms with Gasteiger partial charge >= 0.3 is 0 Å². The van der Waals surface area contributed by atoms with Crippen LogP contribution in [0.15, 0.2) is 79.5 Å². The molecular weight excluding hydrogens is 538 g/mol. The molecule has 1 saturated heterocycles. The molecule has 0 spiro atoms. The van der Waals surface area contributed by atoms with E-state index in [-0.39, 0.29) is 5.91 Å². The number of nitrogens with one attached hydrogen (secondary N) is 2. The predicted octanol–water partition coefficient (Wildman–Crippen LogP) is 5.18. The summed E-state index contributed by atoms with van der Waals surface area (Å²) >= 11 is 0. The fourth-order valence-corrected chi connectivity index (χ4v) is 5.62. The van der Waals surface area contributed by atoms with Crippen molar-refractivity contribution < 1.29 is 9.53 Å². The molecule has 0 radical (unpaired) electrons. The number of ether oxygens (including phenoxy) is 1. The Morgan fingerprint density at radius 3 is 2.88 bits per heavy atom. The van der Waals surface area contributed by atoms with E-state index in [4.69, 9.17) is 9.72 Å². The second-order valence-corrected chi connectivity index (χ2v) is 11.3. The number of piperidine rings is 1. The standard InChI is InChI=1S/C34H43N7O2/c1-4-33(42)41-17-12-30(13-18-41)40(3)19-15-35-28-21-26-22-29(24-28)37-34-36-14-11-32(38-34)27-9-8-10-31(23-27)43-20-7-5-6-16-39(2)25-26/h4-6,8-11,14,21-24,30,35H,1,7,12-13,15-20,25H2,2-3H3,(H,36,37,38)/b6-5+. The first-order valence-corrected chi connectivity index (χ1v) is 15.1. The van der Waals surface area contributed by atoms with Gasteiger partial charge in [0, 0.05) is 68.4 Å². The van der Waals surface area contributed by atoms with Crippen molar-refractivity contribution in [1.82, 2.24) is 24.7 Å². The van der Waals surface area contributed by atoms with Crippen LogP contribution in [0.5, 0.6) is 5.75 Å². The van der Waals surface area contributed by atoms with E-state index in [1.54, 1.807) is 6.20 Å². The van der Waals surface area contributed by atoms with E-state index in [2.05, 4.69) is 76.4 Å². The van der Waals surface area contributed by atoms with Gasteiger partial charge in [-0.2, -0.15) is 0 Å². The van der Waals surface area contributed by atoms with Crippen molar-refractivity contribution in [2.24, 2.45) is 0 Å². The van der Waals surface area contributed by atoms with E-state index in [9.17, 15) is 4.79 Å². The van der Waals surface area contributed by atoms with Crippen molar-refractivity contribution in [3.63, 3.8) is 0 Å². The fourth-order valence-electron chi connectivity index (χ4n) is 5.62. The minimum atomic E-state index is 0.0313. The highest BCUT2D eigenvalue weighted by Crippen LogP contribution is 2.26. The molecule has 9 nitrogen and oxygen atoms in total. The average molecular weight is 582 g/mol. The van der Waals surface area contributed by atoms with E-state index in [1.165, 1.54) is 11.6 Å². The van der Waals surface area contributed by atoms with Crippen molar-refractivity contribution in [1.29, 1.82) is 0 Å². The van der Waals surface area contributed by atoms with Gasteiger partial charge in [0.15, 0.2) is 0 Å². The van der Waals surface area contributed by atoms with Crippen LogP contribution in [0, 0.1) is 0 Å². The number of carbonyl (C=O) groups excluding carboxylic acids is 1. The lowest BCUT2D eigenvalue weighted by Gasteiger charge is -2.36. The lowest BCUT2D eigenvalue weighted by atomic mass is 10.0. The second-order valence-electron chi connectivity index (χ2n) is 11.3. The van der Waals surface area contributed by atoms with Crippen LogP contribution < -0.4 is 15.4 Å². The van der Waals surface area contributed by atoms with Gasteiger partial charge < -0.3 is 25.2 Å². The zero-order valence-electron chi connectivity index (χ0n) is 25.3. The summed E-state index contributed by atoms with van der Waals surface area (Å²) in [5, 5.41) is 7.09. The molecule has 0 saturated carbocycles. The Morgan fingerprint density at radius 1 is 1.19 bits per heavy atom. The van der Waals surface area contributed by atoms with Gasteiger partial charge in [-0.15, -0.1) is 0 Å². The summed E-state index contributed by atoms with van der Waals surface area (Å²) in [6.45, 7) is 9.19. The first kappa shape index (κ1) is 30.3. The Bertz CT molecular complexity index is 1420. The van der Waals surface area contributed by atoms with Gasteiger partial charge in [0.2, 0.25) is 11.9 Å². The van der Waals surface area contributed by atoms with Crippen LogP contribution in [-0.4, -0.2) is 90.0 Å². The van der Waals surface area contributed by atoms with Crippen molar-refractivity contribution in [3.8, 4) is 17.0 Å². The highest BCUT2D eigenvalue weighted by Gasteiger charge is 2.23. The molecule has 0 atom stereocenters. The molecule has 5 rings (SSSR count). The fraction of sp³-hybridized carbons (Fsp3) is 0.382. The number of likely N-dealkylation sites (tertiary alicyclic amines) is 1. The number of fused-ring (bicyclic) bond motifs is 7. The summed E-state index contributed by atoms with van der Waals surface area (Å²) in [7, 11) is 4.31. The average Bonchev–Trinajstić information content (AvgIpc) is 3.02. The van der Waals surface area contributed by atoms with Gasteiger partial charge in [-0.25, -0.2) is 9.97 Å². The molecule has 1 amide bonds. The summed E-state index contributed by atoms with van der Waals surface area (Å²) in [4.78, 5) is 27.8. The molecule has 2 aliphatic heterocycles. The minimum Gasteiger partial charge on any atom is -0.493 e. The van der Waals surface area contributed by atoms with Crippen LogP contribution in [0.25, 0.3) is 11.3 Å². The smallest absolute Gasteiger partial charge is 0.245 e. The van der Waals surface area contributed by atoms with Gasteiger partial charge in [0.1, 0.15) is 5.75 Å². The van der Waals surface area contributed by atoms with Crippen molar-refractivity contribution >= 4 is 23.2 Å². The number of amides is 1. The summed E-state index contributed by atoms with van der Waals surface area (Å²) in [6, 6.07) is 16.9. The molecule has 1 aromatic heterocycles. The van der Waals surface area contributed by atoms with Gasteiger partial charge in [-0.05, 0) is 81.4 Å². The van der Waals surface area contributed by atoms with Gasteiger partial charge in [-0.1, -0.05) is 30.9 Å². The van der Waals surface area contributed by atoms with Crippen molar-refractivity contribution in [3.05, 3.63) is 85.1 Å². The number of hydrogen-bond donors (Lipinski definition) is 2. The molecule has 43 heavy (non-hydrogen) atoms. The molecule has 0 unspecified atom stereocenters. The lowest BCUT2D eigenvalue weighted by Crippen LogP contribution is -2.46. The normalized spacial score (nSPS) is 17.2. The summed E-state index contributed by atoms with van der Waals surface area (Å²) in [5.74, 6) is 1.41. The summed E-state index contributed by atoms with van der Waals surface area (Å²) < 4.78 is 5.98. The van der Waals surface area contributed by atoms with Crippen LogP contribution >= 0.6 is 0 Å². The molecule has 0 aliphatic carbocycles. The monoisotopic (exact) mass is 581 g/mol. The Morgan fingerprint density at radius 2 is 2.05 bits per heavy atom. The number of carbonyl (C=O) groups is 1. The van der Waals surface area contributed by atoms with Crippen LogP contribution in [0.3, 0.4) is 0 Å². The molecule has 226 valence electrons. The van der Waals surface area contributed by atoms with E-state index < -0.39 is 0 Å². The van der Waals surface area contributed by atoms with Crippen LogP contribution in [0.2, 0.25) is 0 Å². The molecule has 2 aromatic carbocycles. The largest absolute Gasteiger partial charge is 0.493 e. The number of rotatable bonds is 6. The zero-order valence-corrected chi connectivity index (χ0v) is 25.3. The van der Waals surface area contributed by atoms with Gasteiger partial charge in [0.05, 0.1) is 12.3 Å². The maximum atomic E-state index is 11.9. The van der Waals surface area contributed by atoms with E-state index in [0.29, 0.717) is 18.6 Å². The van der Waals surface area contributed by atoms with Crippen LogP contribution in [0.4, 0.5) is 17.3 Å². The number of aromatic nitrogens is 2. The Labute approximate surface area is 255 Å². The third-order valence-electron chi connectivity index (χ3n) is 7.99. The third-order valence-corrected chi connectivity index (χ3v) is 7.99. The molecule has 2 N–H and O–H groups in total. The first-order chi connectivity index (χ1) is 21.0. The number of hydrogen-bond acceptors (Lipinski definition) is 8. The zero-order chi connectivity index (χ0) is 30.0. The highest BCUT2D eigenvalue weighted by molar-refractivity contribution is 5.87. The quantitative estimate of drug-likeness (QED) is 0.304. The number of benzene rings is 2. The molecule has 6 bridgehead atoms. The Hall–Kier alpha value is -4.21. The Balaban J connectivity index is 1.29. The molecule has 1 fully saturated rings. The predicted molar refractivity (Wildman–Crippen MR) is 174 cm³/mol. The van der Waals surface area contributed by atoms with E-state index in [0.717, 1.165) is 86.9 Å². The minimum absolute atomic E-state index is 0.0313. The highest BCUT2D eigenvalue weighted by atomic mass is 16.5. The maximum Gasteiger partial charge on any atom is 0.245 e. The van der Waals surface area contributed by atoms with Gasteiger partial charge in [0.25, 0.3) is 0 Å². The molecule has 3 aromatic rings. The second kappa shape index (κ2) is 14.8. The van der Waals surface area contributed by atoms with E-state index in [1.807, 2.05) is 35.2 Å². The summed E-state index contributed by atoms with van der Waals surface area (Å²) in [6.07, 6.45) is 10.4. The van der Waals surface area contributed by atoms with Crippen molar-refractivity contribution in [2.75, 3.05) is 64.1 Å². The molecular formula is C34H43N7O2. The van der Waals surface area contributed by atoms with E-state index >= 15 is 0 Å². The third kappa shape index (κ3) is 8.65. The van der Waals surface area contributed by atoms with Crippen LogP contribution in [-0.2, 0) is 11.3 Å². The Kier molecular flexibility index (Phi) is 10.4. The summed E-state index contributed by atoms with van der Waals surface area (Å²) in [5.41, 5.74) is 5.01. The number of likely N-dealkylation sites (N-methyl/N-ethyl adjacent to an activating group) is 2. The SMILES string of the molecule is C=CC(=O)N1CCC(N(C)CCNc2cc3cc(c2)Nc2nccc(n2)-c2cccc(c2)OCC/C=C/CN(C)C3)CC1. The lowest BCUT2D eigenvalue weighted by molar-refractivity contribution is -0.127. The number of anilines is 3. The van der Waals surface area contributed by atoms with Crippen LogP contribution in [0.1, 0.15) is 24.8 Å².